The Bertz CT molecular complexity index is 971. The van der Waals surface area contributed by atoms with Gasteiger partial charge in [0.25, 0.3) is 5.91 Å². The predicted molar refractivity (Wildman–Crippen MR) is 118 cm³/mol. The first-order valence-corrected chi connectivity index (χ1v) is 11.7. The van der Waals surface area contributed by atoms with Gasteiger partial charge in [0.2, 0.25) is 10.0 Å². The van der Waals surface area contributed by atoms with Crippen molar-refractivity contribution in [3.8, 4) is 5.75 Å². The third kappa shape index (κ3) is 5.21. The van der Waals surface area contributed by atoms with Gasteiger partial charge in [-0.15, -0.1) is 0 Å². The molecule has 1 heterocycles. The molecule has 0 radical (unpaired) electrons. The number of sulfonamides is 1. The summed E-state index contributed by atoms with van der Waals surface area (Å²) < 4.78 is 32.4. The molecular formula is C23H30N2O4S. The summed E-state index contributed by atoms with van der Waals surface area (Å²) in [5.41, 5.74) is 1.77. The average molecular weight is 431 g/mol. The molecule has 1 aliphatic heterocycles. The SMILES string of the molecule is CC(Oc1ccc(C(C)(C)C)cc1)C(=O)Nc1ccc(S(=O)(=O)N2CCCC2)cc1. The average Bonchev–Trinajstić information content (AvgIpc) is 3.24. The third-order valence-corrected chi connectivity index (χ3v) is 7.14. The number of hydrogen-bond acceptors (Lipinski definition) is 4. The maximum absolute atomic E-state index is 12.6. The van der Waals surface area contributed by atoms with E-state index >= 15 is 0 Å². The van der Waals surface area contributed by atoms with Crippen molar-refractivity contribution in [3.05, 3.63) is 54.1 Å². The van der Waals surface area contributed by atoms with E-state index in [4.69, 9.17) is 4.74 Å². The fraction of sp³-hybridized carbons (Fsp3) is 0.435. The third-order valence-electron chi connectivity index (χ3n) is 5.23. The van der Waals surface area contributed by atoms with Crippen molar-refractivity contribution in [1.29, 1.82) is 0 Å². The van der Waals surface area contributed by atoms with Crippen LogP contribution in [0.5, 0.6) is 5.75 Å². The van der Waals surface area contributed by atoms with Gasteiger partial charge < -0.3 is 10.1 Å². The minimum Gasteiger partial charge on any atom is -0.481 e. The van der Waals surface area contributed by atoms with Gasteiger partial charge in [-0.05, 0) is 67.1 Å². The van der Waals surface area contributed by atoms with E-state index in [1.165, 1.54) is 22.0 Å². The Morgan fingerprint density at radius 3 is 2.10 bits per heavy atom. The summed E-state index contributed by atoms with van der Waals surface area (Å²) in [4.78, 5) is 12.7. The zero-order valence-electron chi connectivity index (χ0n) is 18.0. The van der Waals surface area contributed by atoms with Crippen LogP contribution in [-0.4, -0.2) is 37.8 Å². The zero-order chi connectivity index (χ0) is 21.9. The summed E-state index contributed by atoms with van der Waals surface area (Å²) in [6, 6.07) is 14.0. The van der Waals surface area contributed by atoms with Crippen LogP contribution >= 0.6 is 0 Å². The van der Waals surface area contributed by atoms with E-state index in [1.807, 2.05) is 24.3 Å². The van der Waals surface area contributed by atoms with E-state index in [1.54, 1.807) is 19.1 Å². The Labute approximate surface area is 179 Å². The summed E-state index contributed by atoms with van der Waals surface area (Å²) in [7, 11) is -3.46. The quantitative estimate of drug-likeness (QED) is 0.746. The lowest BCUT2D eigenvalue weighted by Crippen LogP contribution is -2.30. The van der Waals surface area contributed by atoms with Gasteiger partial charge in [0.05, 0.1) is 4.90 Å². The lowest BCUT2D eigenvalue weighted by molar-refractivity contribution is -0.122. The molecule has 0 bridgehead atoms. The molecular weight excluding hydrogens is 400 g/mol. The number of carbonyl (C=O) groups excluding carboxylic acids is 1. The Hall–Kier alpha value is -2.38. The lowest BCUT2D eigenvalue weighted by Gasteiger charge is -2.20. The second kappa shape index (κ2) is 8.78. The number of carbonyl (C=O) groups is 1. The van der Waals surface area contributed by atoms with Crippen LogP contribution in [0.2, 0.25) is 0 Å². The number of rotatable bonds is 6. The van der Waals surface area contributed by atoms with Gasteiger partial charge in [-0.3, -0.25) is 4.79 Å². The molecule has 3 rings (SSSR count). The first-order chi connectivity index (χ1) is 14.1. The van der Waals surface area contributed by atoms with Crippen molar-refractivity contribution in [2.24, 2.45) is 0 Å². The number of nitrogens with one attached hydrogen (secondary N) is 1. The standard InChI is InChI=1S/C23H30N2O4S/c1-17(29-20-11-7-18(8-12-20)23(2,3)4)22(26)24-19-9-13-21(14-10-19)30(27,28)25-15-5-6-16-25/h7-14,17H,5-6,15-16H2,1-4H3,(H,24,26). The Morgan fingerprint density at radius 1 is 1.00 bits per heavy atom. The maximum atomic E-state index is 12.6. The van der Waals surface area contributed by atoms with Crippen molar-refractivity contribution in [2.75, 3.05) is 18.4 Å². The van der Waals surface area contributed by atoms with Crippen LogP contribution in [0.25, 0.3) is 0 Å². The number of benzene rings is 2. The highest BCUT2D eigenvalue weighted by atomic mass is 32.2. The van der Waals surface area contributed by atoms with Gasteiger partial charge in [0.15, 0.2) is 6.10 Å². The minimum atomic E-state index is -3.46. The highest BCUT2D eigenvalue weighted by Crippen LogP contribution is 2.25. The monoisotopic (exact) mass is 430 g/mol. The van der Waals surface area contributed by atoms with Gasteiger partial charge in [0.1, 0.15) is 5.75 Å². The number of amides is 1. The minimum absolute atomic E-state index is 0.0515. The van der Waals surface area contributed by atoms with Crippen molar-refractivity contribution in [3.63, 3.8) is 0 Å². The smallest absolute Gasteiger partial charge is 0.265 e. The molecule has 0 saturated carbocycles. The molecule has 1 amide bonds. The fourth-order valence-corrected chi connectivity index (χ4v) is 4.84. The van der Waals surface area contributed by atoms with Crippen LogP contribution in [0.3, 0.4) is 0 Å². The van der Waals surface area contributed by atoms with E-state index in [-0.39, 0.29) is 16.2 Å². The van der Waals surface area contributed by atoms with Crippen molar-refractivity contribution < 1.29 is 17.9 Å². The largest absolute Gasteiger partial charge is 0.481 e. The number of anilines is 1. The number of nitrogens with zero attached hydrogens (tertiary/aromatic N) is 1. The molecule has 30 heavy (non-hydrogen) atoms. The number of hydrogen-bond donors (Lipinski definition) is 1. The molecule has 162 valence electrons. The first-order valence-electron chi connectivity index (χ1n) is 10.3. The van der Waals surface area contributed by atoms with Gasteiger partial charge in [-0.1, -0.05) is 32.9 Å². The molecule has 0 aliphatic carbocycles. The van der Waals surface area contributed by atoms with Crippen LogP contribution in [0, 0.1) is 0 Å². The van der Waals surface area contributed by atoms with Crippen molar-refractivity contribution in [1.82, 2.24) is 4.31 Å². The van der Waals surface area contributed by atoms with Crippen molar-refractivity contribution in [2.45, 2.75) is 57.0 Å². The molecule has 1 atom stereocenters. The van der Waals surface area contributed by atoms with Crippen LogP contribution < -0.4 is 10.1 Å². The Balaban J connectivity index is 1.60. The molecule has 1 unspecified atom stereocenters. The summed E-state index contributed by atoms with van der Waals surface area (Å²) in [5.74, 6) is 0.322. The summed E-state index contributed by atoms with van der Waals surface area (Å²) in [6.07, 6.45) is 1.09. The second-order valence-electron chi connectivity index (χ2n) is 8.66. The van der Waals surface area contributed by atoms with Gasteiger partial charge >= 0.3 is 0 Å². The highest BCUT2D eigenvalue weighted by Gasteiger charge is 2.27. The molecule has 1 aliphatic rings. The molecule has 0 aromatic heterocycles. The molecule has 2 aromatic rings. The maximum Gasteiger partial charge on any atom is 0.265 e. The van der Waals surface area contributed by atoms with E-state index in [0.29, 0.717) is 24.5 Å². The van der Waals surface area contributed by atoms with Gasteiger partial charge in [0, 0.05) is 18.8 Å². The van der Waals surface area contributed by atoms with E-state index in [0.717, 1.165) is 12.8 Å². The first kappa shape index (κ1) is 22.3. The molecule has 7 heteroatoms. The molecule has 1 saturated heterocycles. The fourth-order valence-electron chi connectivity index (χ4n) is 3.32. The number of ether oxygens (including phenoxy) is 1. The molecule has 6 nitrogen and oxygen atoms in total. The second-order valence-corrected chi connectivity index (χ2v) is 10.6. The van der Waals surface area contributed by atoms with Gasteiger partial charge in [-0.25, -0.2) is 8.42 Å². The topological polar surface area (TPSA) is 75.7 Å². The van der Waals surface area contributed by atoms with E-state index in [2.05, 4.69) is 26.1 Å². The predicted octanol–water partition coefficient (Wildman–Crippen LogP) is 4.17. The Morgan fingerprint density at radius 2 is 1.57 bits per heavy atom. The molecule has 1 fully saturated rings. The molecule has 0 spiro atoms. The zero-order valence-corrected chi connectivity index (χ0v) is 18.8. The van der Waals surface area contributed by atoms with Crippen LogP contribution in [-0.2, 0) is 20.2 Å². The van der Waals surface area contributed by atoms with Crippen LogP contribution in [0.4, 0.5) is 5.69 Å². The molecule has 2 aromatic carbocycles. The lowest BCUT2D eigenvalue weighted by atomic mass is 9.87. The summed E-state index contributed by atoms with van der Waals surface area (Å²) in [5, 5.41) is 2.77. The highest BCUT2D eigenvalue weighted by molar-refractivity contribution is 7.89. The normalized spacial score (nSPS) is 16.3. The Kier molecular flexibility index (Phi) is 6.53. The summed E-state index contributed by atoms with van der Waals surface area (Å²) >= 11 is 0. The van der Waals surface area contributed by atoms with Crippen molar-refractivity contribution >= 4 is 21.6 Å². The van der Waals surface area contributed by atoms with Crippen LogP contribution in [0.1, 0.15) is 46.1 Å². The van der Waals surface area contributed by atoms with E-state index in [9.17, 15) is 13.2 Å². The van der Waals surface area contributed by atoms with E-state index < -0.39 is 16.1 Å². The van der Waals surface area contributed by atoms with Crippen LogP contribution in [0.15, 0.2) is 53.4 Å². The summed E-state index contributed by atoms with van der Waals surface area (Å²) in [6.45, 7) is 9.22. The molecule has 1 N–H and O–H groups in total. The van der Waals surface area contributed by atoms with Gasteiger partial charge in [-0.2, -0.15) is 4.31 Å².